The van der Waals surface area contributed by atoms with Gasteiger partial charge in [-0.05, 0) is 6.07 Å². The van der Waals surface area contributed by atoms with Crippen molar-refractivity contribution in [2.24, 2.45) is 0 Å². The monoisotopic (exact) mass is 327 g/mol. The smallest absolute Gasteiger partial charge is 0.288 e. The van der Waals surface area contributed by atoms with E-state index < -0.39 is 4.92 Å². The van der Waals surface area contributed by atoms with Gasteiger partial charge in [0.1, 0.15) is 13.1 Å². The van der Waals surface area contributed by atoms with Gasteiger partial charge in [0.15, 0.2) is 0 Å². The van der Waals surface area contributed by atoms with Gasteiger partial charge in [0.05, 0.1) is 24.5 Å². The van der Waals surface area contributed by atoms with Crippen LogP contribution in [0.5, 0.6) is 0 Å². The highest BCUT2D eigenvalue weighted by atomic mass is 16.6. The number of nitrogens with zero attached hydrogens (tertiary/aromatic N) is 2. The molecule has 24 heavy (non-hydrogen) atoms. The number of ketones is 1. The molecule has 0 bridgehead atoms. The molecule has 0 saturated carbocycles. The summed E-state index contributed by atoms with van der Waals surface area (Å²) in [5.74, 6) is -0.399. The molecule has 124 valence electrons. The number of carbonyl (C=O) groups excluding carboxylic acids is 2. The SMILES string of the molecule is CC(=O)[N+](C)(CC(=O)c1ccccc1)Cc1ccccc1[N+](=O)[O-]. The fourth-order valence-corrected chi connectivity index (χ4v) is 2.51. The molecule has 0 aromatic heterocycles. The van der Waals surface area contributed by atoms with Crippen LogP contribution in [0.3, 0.4) is 0 Å². The van der Waals surface area contributed by atoms with Crippen molar-refractivity contribution in [1.29, 1.82) is 0 Å². The van der Waals surface area contributed by atoms with Gasteiger partial charge in [0, 0.05) is 11.6 Å². The third-order valence-corrected chi connectivity index (χ3v) is 4.06. The van der Waals surface area contributed by atoms with E-state index >= 15 is 0 Å². The molecule has 0 heterocycles. The largest absolute Gasteiger partial charge is 0.311 e. The standard InChI is InChI=1S/C18H19N2O4/c1-14(21)20(2,13-18(22)15-8-4-3-5-9-15)12-16-10-6-7-11-17(16)19(23)24/h3-11H,12-13H2,1-2H3/q+1. The molecule has 1 unspecified atom stereocenters. The summed E-state index contributed by atoms with van der Waals surface area (Å²) in [6, 6.07) is 15.0. The number of amides is 1. The Hall–Kier alpha value is -2.86. The number of nitro benzene ring substituents is 1. The quantitative estimate of drug-likeness (QED) is 0.354. The lowest BCUT2D eigenvalue weighted by atomic mass is 10.1. The van der Waals surface area contributed by atoms with Gasteiger partial charge in [0.25, 0.3) is 5.69 Å². The zero-order valence-corrected chi connectivity index (χ0v) is 13.6. The van der Waals surface area contributed by atoms with Crippen molar-refractivity contribution in [3.8, 4) is 0 Å². The lowest BCUT2D eigenvalue weighted by molar-refractivity contribution is -0.839. The molecule has 0 fully saturated rings. The fourth-order valence-electron chi connectivity index (χ4n) is 2.51. The average molecular weight is 327 g/mol. The average Bonchev–Trinajstić information content (AvgIpc) is 2.55. The van der Waals surface area contributed by atoms with Crippen molar-refractivity contribution >= 4 is 17.4 Å². The molecule has 0 saturated heterocycles. The molecular formula is C18H19N2O4+. The van der Waals surface area contributed by atoms with E-state index in [-0.39, 0.29) is 35.0 Å². The number of benzene rings is 2. The summed E-state index contributed by atoms with van der Waals surface area (Å²) >= 11 is 0. The van der Waals surface area contributed by atoms with Crippen LogP contribution in [0.2, 0.25) is 0 Å². The van der Waals surface area contributed by atoms with Gasteiger partial charge in [-0.15, -0.1) is 0 Å². The number of carbonyl (C=O) groups is 2. The van der Waals surface area contributed by atoms with Gasteiger partial charge >= 0.3 is 5.91 Å². The molecule has 0 aliphatic heterocycles. The van der Waals surface area contributed by atoms with Crippen LogP contribution in [0.15, 0.2) is 54.6 Å². The molecule has 6 heteroatoms. The van der Waals surface area contributed by atoms with Crippen LogP contribution in [0.1, 0.15) is 22.8 Å². The third kappa shape index (κ3) is 3.91. The van der Waals surface area contributed by atoms with E-state index in [1.165, 1.54) is 13.0 Å². The molecule has 0 N–H and O–H groups in total. The second-order valence-corrected chi connectivity index (χ2v) is 5.91. The van der Waals surface area contributed by atoms with Crippen molar-refractivity contribution in [1.82, 2.24) is 0 Å². The first kappa shape index (κ1) is 17.5. The highest BCUT2D eigenvalue weighted by Crippen LogP contribution is 2.23. The Balaban J connectivity index is 2.30. The summed E-state index contributed by atoms with van der Waals surface area (Å²) in [5, 5.41) is 11.2. The Morgan fingerprint density at radius 1 is 1.04 bits per heavy atom. The lowest BCUT2D eigenvalue weighted by Gasteiger charge is -2.29. The third-order valence-electron chi connectivity index (χ3n) is 4.06. The maximum atomic E-state index is 12.5. The van der Waals surface area contributed by atoms with E-state index in [9.17, 15) is 19.7 Å². The molecule has 2 rings (SSSR count). The summed E-state index contributed by atoms with van der Waals surface area (Å²) in [6.07, 6.45) is 0. The molecule has 0 aliphatic carbocycles. The van der Waals surface area contributed by atoms with Crippen LogP contribution in [0.25, 0.3) is 0 Å². The summed E-state index contributed by atoms with van der Waals surface area (Å²) < 4.78 is -0.224. The van der Waals surface area contributed by atoms with E-state index in [4.69, 9.17) is 0 Å². The predicted octanol–water partition coefficient (Wildman–Crippen LogP) is 2.97. The van der Waals surface area contributed by atoms with Gasteiger partial charge in [-0.25, -0.2) is 4.79 Å². The number of hydrogen-bond acceptors (Lipinski definition) is 4. The number of Topliss-reactive ketones (excluding diaryl/α,β-unsaturated/α-hetero) is 1. The Morgan fingerprint density at radius 2 is 1.62 bits per heavy atom. The normalized spacial score (nSPS) is 13.1. The molecule has 0 radical (unpaired) electrons. The van der Waals surface area contributed by atoms with E-state index in [1.807, 2.05) is 6.07 Å². The maximum absolute atomic E-state index is 12.5. The summed E-state index contributed by atoms with van der Waals surface area (Å²) in [4.78, 5) is 35.3. The summed E-state index contributed by atoms with van der Waals surface area (Å²) in [5.41, 5.74) is 0.905. The topological polar surface area (TPSA) is 77.3 Å². The maximum Gasteiger partial charge on any atom is 0.311 e. The first-order valence-electron chi connectivity index (χ1n) is 7.50. The molecular weight excluding hydrogens is 308 g/mol. The van der Waals surface area contributed by atoms with Gasteiger partial charge < -0.3 is 0 Å². The Morgan fingerprint density at radius 3 is 2.21 bits per heavy atom. The Bertz CT molecular complexity index is 774. The number of nitro groups is 1. The van der Waals surface area contributed by atoms with Crippen LogP contribution in [0.4, 0.5) is 5.69 Å². The zero-order chi connectivity index (χ0) is 17.7. The lowest BCUT2D eigenvalue weighted by Crippen LogP contribution is -2.50. The minimum atomic E-state index is -0.473. The van der Waals surface area contributed by atoms with E-state index in [0.717, 1.165) is 0 Å². The van der Waals surface area contributed by atoms with Crippen molar-refractivity contribution in [3.63, 3.8) is 0 Å². The van der Waals surface area contributed by atoms with E-state index in [0.29, 0.717) is 11.1 Å². The molecule has 2 aromatic carbocycles. The van der Waals surface area contributed by atoms with E-state index in [2.05, 4.69) is 0 Å². The van der Waals surface area contributed by atoms with Crippen LogP contribution < -0.4 is 0 Å². The fraction of sp³-hybridized carbons (Fsp3) is 0.222. The van der Waals surface area contributed by atoms with Crippen molar-refractivity contribution in [2.45, 2.75) is 13.5 Å². The Labute approximate surface area is 140 Å². The van der Waals surface area contributed by atoms with Crippen molar-refractivity contribution < 1.29 is 19.0 Å². The number of para-hydroxylation sites is 1. The molecule has 0 spiro atoms. The van der Waals surface area contributed by atoms with Gasteiger partial charge in [-0.2, -0.15) is 0 Å². The predicted molar refractivity (Wildman–Crippen MR) is 89.3 cm³/mol. The second kappa shape index (κ2) is 7.14. The van der Waals surface area contributed by atoms with E-state index in [1.54, 1.807) is 49.5 Å². The number of hydrogen-bond donors (Lipinski definition) is 0. The minimum absolute atomic E-state index is 0.0461. The number of likely N-dealkylation sites (N-methyl/N-ethyl adjacent to an activating group) is 1. The first-order chi connectivity index (χ1) is 11.3. The van der Waals surface area contributed by atoms with Crippen LogP contribution in [-0.4, -0.2) is 34.7 Å². The van der Waals surface area contributed by atoms with Crippen molar-refractivity contribution in [2.75, 3.05) is 13.6 Å². The van der Waals surface area contributed by atoms with Gasteiger partial charge in [0.2, 0.25) is 5.78 Å². The van der Waals surface area contributed by atoms with Crippen LogP contribution in [-0.2, 0) is 11.3 Å². The number of rotatable bonds is 6. The van der Waals surface area contributed by atoms with Crippen LogP contribution >= 0.6 is 0 Å². The summed E-state index contributed by atoms with van der Waals surface area (Å²) in [6.45, 7) is 1.43. The van der Waals surface area contributed by atoms with Gasteiger partial charge in [-0.3, -0.25) is 19.4 Å². The highest BCUT2D eigenvalue weighted by molar-refractivity contribution is 5.97. The summed E-state index contributed by atoms with van der Waals surface area (Å²) in [7, 11) is 1.62. The van der Waals surface area contributed by atoms with Gasteiger partial charge in [-0.1, -0.05) is 42.5 Å². The minimum Gasteiger partial charge on any atom is -0.288 e. The first-order valence-corrected chi connectivity index (χ1v) is 7.50. The second-order valence-electron chi connectivity index (χ2n) is 5.91. The van der Waals surface area contributed by atoms with Crippen molar-refractivity contribution in [3.05, 3.63) is 75.8 Å². The number of quaternary nitrogens is 1. The Kier molecular flexibility index (Phi) is 5.21. The highest BCUT2D eigenvalue weighted by Gasteiger charge is 2.34. The molecule has 1 amide bonds. The molecule has 6 nitrogen and oxygen atoms in total. The molecule has 2 aromatic rings. The zero-order valence-electron chi connectivity index (χ0n) is 13.6. The molecule has 0 aliphatic rings. The van der Waals surface area contributed by atoms with Crippen LogP contribution in [0, 0.1) is 10.1 Å². The molecule has 1 atom stereocenters.